The van der Waals surface area contributed by atoms with Gasteiger partial charge in [-0.25, -0.2) is 4.98 Å². The lowest BCUT2D eigenvalue weighted by Crippen LogP contribution is -2.17. The maximum absolute atomic E-state index is 5.68. The summed E-state index contributed by atoms with van der Waals surface area (Å²) in [5.41, 5.74) is 7.09. The van der Waals surface area contributed by atoms with Crippen LogP contribution >= 0.6 is 0 Å². The number of imidazole rings is 1. The van der Waals surface area contributed by atoms with Crippen LogP contribution in [0, 0.1) is 5.92 Å². The van der Waals surface area contributed by atoms with Crippen molar-refractivity contribution >= 4 is 22.9 Å². The van der Waals surface area contributed by atoms with Gasteiger partial charge in [-0.05, 0) is 19.3 Å². The molecule has 2 aromatic rings. The minimum atomic E-state index is 0.247. The molecule has 2 aromatic heterocycles. The van der Waals surface area contributed by atoms with Crippen LogP contribution < -0.4 is 11.1 Å². The number of aromatic amines is 1. The summed E-state index contributed by atoms with van der Waals surface area (Å²) in [6.45, 7) is 6.65. The van der Waals surface area contributed by atoms with Gasteiger partial charge in [0.1, 0.15) is 5.52 Å². The summed E-state index contributed by atoms with van der Waals surface area (Å²) in [6, 6.07) is 0.347. The van der Waals surface area contributed by atoms with Crippen LogP contribution in [0.4, 0.5) is 11.8 Å². The third-order valence-corrected chi connectivity index (χ3v) is 3.10. The molecule has 6 heteroatoms. The lowest BCUT2D eigenvalue weighted by Gasteiger charge is -2.15. The second-order valence-electron chi connectivity index (χ2n) is 5.40. The van der Waals surface area contributed by atoms with Gasteiger partial charge >= 0.3 is 0 Å². The first-order chi connectivity index (χ1) is 9.06. The Kier molecular flexibility index (Phi) is 4.19. The molecule has 1 atom stereocenters. The van der Waals surface area contributed by atoms with E-state index in [1.807, 2.05) is 0 Å². The van der Waals surface area contributed by atoms with Crippen LogP contribution in [0.15, 0.2) is 6.33 Å². The number of nitrogen functional groups attached to an aromatic ring is 1. The van der Waals surface area contributed by atoms with E-state index in [2.05, 4.69) is 46.0 Å². The van der Waals surface area contributed by atoms with Crippen LogP contribution in [0.5, 0.6) is 0 Å². The van der Waals surface area contributed by atoms with Crippen molar-refractivity contribution in [2.24, 2.45) is 5.92 Å². The zero-order valence-corrected chi connectivity index (χ0v) is 11.8. The Balaban J connectivity index is 2.02. The molecule has 4 N–H and O–H groups in total. The van der Waals surface area contributed by atoms with Gasteiger partial charge in [0.15, 0.2) is 11.5 Å². The van der Waals surface area contributed by atoms with Crippen molar-refractivity contribution in [2.75, 3.05) is 11.1 Å². The molecule has 0 aliphatic carbocycles. The number of H-pyrrole nitrogens is 1. The number of rotatable bonds is 6. The van der Waals surface area contributed by atoms with E-state index in [4.69, 9.17) is 5.73 Å². The van der Waals surface area contributed by atoms with Gasteiger partial charge in [-0.15, -0.1) is 0 Å². The fourth-order valence-electron chi connectivity index (χ4n) is 2.09. The van der Waals surface area contributed by atoms with Crippen molar-refractivity contribution in [2.45, 2.75) is 46.1 Å². The minimum absolute atomic E-state index is 0.247. The Morgan fingerprint density at radius 3 is 2.79 bits per heavy atom. The quantitative estimate of drug-likeness (QED) is 0.744. The topological polar surface area (TPSA) is 92.5 Å². The molecule has 19 heavy (non-hydrogen) atoms. The Morgan fingerprint density at radius 1 is 1.26 bits per heavy atom. The van der Waals surface area contributed by atoms with Crippen molar-refractivity contribution in [1.82, 2.24) is 19.9 Å². The number of nitrogens with zero attached hydrogens (tertiary/aromatic N) is 3. The van der Waals surface area contributed by atoms with Crippen LogP contribution in [0.1, 0.15) is 40.0 Å². The van der Waals surface area contributed by atoms with Crippen molar-refractivity contribution < 1.29 is 0 Å². The highest BCUT2D eigenvalue weighted by atomic mass is 15.1. The molecule has 0 saturated carbocycles. The predicted octanol–water partition coefficient (Wildman–Crippen LogP) is 2.56. The number of fused-ring (bicyclic) bond motifs is 1. The zero-order valence-electron chi connectivity index (χ0n) is 11.8. The number of hydrogen-bond acceptors (Lipinski definition) is 5. The van der Waals surface area contributed by atoms with Gasteiger partial charge in [0.05, 0.1) is 6.33 Å². The van der Waals surface area contributed by atoms with Crippen molar-refractivity contribution in [3.8, 4) is 0 Å². The molecule has 6 nitrogen and oxygen atoms in total. The molecule has 0 aliphatic rings. The minimum Gasteiger partial charge on any atom is -0.368 e. The Hall–Kier alpha value is -1.85. The fourth-order valence-corrected chi connectivity index (χ4v) is 2.09. The summed E-state index contributed by atoms with van der Waals surface area (Å²) in [5.74, 6) is 1.73. The highest BCUT2D eigenvalue weighted by Crippen LogP contribution is 2.19. The lowest BCUT2D eigenvalue weighted by atomic mass is 10.0. The molecule has 0 aliphatic heterocycles. The van der Waals surface area contributed by atoms with E-state index in [9.17, 15) is 0 Å². The average molecular weight is 262 g/mol. The molecular weight excluding hydrogens is 240 g/mol. The van der Waals surface area contributed by atoms with E-state index in [0.29, 0.717) is 11.7 Å². The van der Waals surface area contributed by atoms with Crippen molar-refractivity contribution in [3.63, 3.8) is 0 Å². The first-order valence-electron chi connectivity index (χ1n) is 6.79. The normalized spacial score (nSPS) is 13.1. The summed E-state index contributed by atoms with van der Waals surface area (Å²) in [6.07, 6.45) is 5.17. The number of hydrogen-bond donors (Lipinski definition) is 3. The molecule has 0 bridgehead atoms. The third kappa shape index (κ3) is 3.56. The largest absolute Gasteiger partial charge is 0.368 e. The Labute approximate surface area is 113 Å². The molecule has 1 unspecified atom stereocenters. The smallest absolute Gasteiger partial charge is 0.224 e. The summed E-state index contributed by atoms with van der Waals surface area (Å²) >= 11 is 0. The first-order valence-corrected chi connectivity index (χ1v) is 6.79. The van der Waals surface area contributed by atoms with Gasteiger partial charge in [0.25, 0.3) is 0 Å². The highest BCUT2D eigenvalue weighted by molar-refractivity contribution is 5.83. The Bertz CT molecular complexity index is 533. The van der Waals surface area contributed by atoms with Gasteiger partial charge in [-0.2, -0.15) is 9.97 Å². The Morgan fingerprint density at radius 2 is 2.05 bits per heavy atom. The number of aromatic nitrogens is 4. The van der Waals surface area contributed by atoms with Gasteiger partial charge in [0, 0.05) is 6.04 Å². The molecule has 0 fully saturated rings. The zero-order chi connectivity index (χ0) is 13.8. The molecule has 0 saturated heterocycles. The molecule has 0 amide bonds. The first kappa shape index (κ1) is 13.6. The summed E-state index contributed by atoms with van der Waals surface area (Å²) < 4.78 is 0. The molecule has 0 spiro atoms. The van der Waals surface area contributed by atoms with Gasteiger partial charge in [-0.3, -0.25) is 0 Å². The van der Waals surface area contributed by atoms with Gasteiger partial charge < -0.3 is 16.0 Å². The van der Waals surface area contributed by atoms with E-state index < -0.39 is 0 Å². The lowest BCUT2D eigenvalue weighted by molar-refractivity contribution is 0.520. The van der Waals surface area contributed by atoms with Crippen LogP contribution in [0.25, 0.3) is 11.2 Å². The summed E-state index contributed by atoms with van der Waals surface area (Å²) in [5, 5.41) is 3.38. The molecular formula is C13H22N6. The van der Waals surface area contributed by atoms with Crippen molar-refractivity contribution in [3.05, 3.63) is 6.33 Å². The average Bonchev–Trinajstić information content (AvgIpc) is 2.76. The molecule has 2 heterocycles. The van der Waals surface area contributed by atoms with Crippen LogP contribution in [-0.4, -0.2) is 26.0 Å². The fraction of sp³-hybridized carbons (Fsp3) is 0.615. The van der Waals surface area contributed by atoms with Gasteiger partial charge in [0.2, 0.25) is 5.95 Å². The third-order valence-electron chi connectivity index (χ3n) is 3.10. The summed E-state index contributed by atoms with van der Waals surface area (Å²) in [7, 11) is 0. The molecule has 0 radical (unpaired) electrons. The monoisotopic (exact) mass is 262 g/mol. The van der Waals surface area contributed by atoms with E-state index in [-0.39, 0.29) is 5.95 Å². The van der Waals surface area contributed by atoms with E-state index in [1.54, 1.807) is 6.33 Å². The summed E-state index contributed by atoms with van der Waals surface area (Å²) in [4.78, 5) is 15.5. The van der Waals surface area contributed by atoms with Crippen LogP contribution in [0.3, 0.4) is 0 Å². The molecule has 2 rings (SSSR count). The van der Waals surface area contributed by atoms with Crippen LogP contribution in [0.2, 0.25) is 0 Å². The second-order valence-corrected chi connectivity index (χ2v) is 5.40. The number of anilines is 2. The highest BCUT2D eigenvalue weighted by Gasteiger charge is 2.11. The van der Waals surface area contributed by atoms with E-state index in [0.717, 1.165) is 23.7 Å². The number of nitrogens with one attached hydrogen (secondary N) is 2. The maximum Gasteiger partial charge on any atom is 0.224 e. The van der Waals surface area contributed by atoms with E-state index in [1.165, 1.54) is 12.8 Å². The van der Waals surface area contributed by atoms with Gasteiger partial charge in [-0.1, -0.05) is 26.7 Å². The maximum atomic E-state index is 5.68. The standard InChI is InChI=1S/C13H22N6/c1-8(2)5-4-6-9(3)17-12-10-11(16-7-15-10)18-13(14)19-12/h7-9H,4-6H2,1-3H3,(H4,14,15,16,17,18,19). The second kappa shape index (κ2) is 5.86. The molecule has 104 valence electrons. The van der Waals surface area contributed by atoms with Crippen molar-refractivity contribution in [1.29, 1.82) is 0 Å². The molecule has 0 aromatic carbocycles. The van der Waals surface area contributed by atoms with Crippen LogP contribution in [-0.2, 0) is 0 Å². The SMILES string of the molecule is CC(C)CCCC(C)Nc1nc(N)nc2nc[nH]c12. The number of nitrogens with two attached hydrogens (primary N) is 1. The van der Waals surface area contributed by atoms with E-state index >= 15 is 0 Å². The predicted molar refractivity (Wildman–Crippen MR) is 77.9 cm³/mol.